The lowest BCUT2D eigenvalue weighted by molar-refractivity contribution is -0.137. The second-order valence-electron chi connectivity index (χ2n) is 7.16. The number of carbonyl (C=O) groups is 1. The average molecular weight is 400 g/mol. The maximum atomic E-state index is 13.0. The Hall–Kier alpha value is -3.01. The van der Waals surface area contributed by atoms with E-state index in [9.17, 15) is 18.0 Å². The number of amides is 1. The molecule has 4 nitrogen and oxygen atoms in total. The monoisotopic (exact) mass is 400 g/mol. The summed E-state index contributed by atoms with van der Waals surface area (Å²) >= 11 is 0. The van der Waals surface area contributed by atoms with Crippen LogP contribution in [0.1, 0.15) is 54.8 Å². The number of carbonyl (C=O) groups excluding carboxylic acids is 1. The highest BCUT2D eigenvalue weighted by atomic mass is 19.4. The summed E-state index contributed by atoms with van der Waals surface area (Å²) in [4.78, 5) is 13.0. The van der Waals surface area contributed by atoms with Gasteiger partial charge < -0.3 is 10.6 Å². The molecule has 152 valence electrons. The highest BCUT2D eigenvalue weighted by Crippen LogP contribution is 2.37. The van der Waals surface area contributed by atoms with Crippen molar-refractivity contribution in [2.24, 2.45) is 0 Å². The van der Waals surface area contributed by atoms with Crippen molar-refractivity contribution in [2.45, 2.75) is 50.4 Å². The van der Waals surface area contributed by atoms with Crippen LogP contribution in [0.25, 0.3) is 5.32 Å². The highest BCUT2D eigenvalue weighted by molar-refractivity contribution is 5.88. The lowest BCUT2D eigenvalue weighted by Gasteiger charge is -2.35. The van der Waals surface area contributed by atoms with Gasteiger partial charge in [0.15, 0.2) is 0 Å². The lowest BCUT2D eigenvalue weighted by Crippen LogP contribution is -2.38. The molecule has 1 atom stereocenters. The van der Waals surface area contributed by atoms with E-state index < -0.39 is 17.8 Å². The fourth-order valence-electron chi connectivity index (χ4n) is 3.50. The summed E-state index contributed by atoms with van der Waals surface area (Å²) in [6.45, 7) is 0. The maximum absolute atomic E-state index is 13.0. The lowest BCUT2D eigenvalue weighted by atomic mass is 9.94. The van der Waals surface area contributed by atoms with Crippen LogP contribution in [-0.4, -0.2) is 11.9 Å². The van der Waals surface area contributed by atoms with Gasteiger partial charge in [-0.1, -0.05) is 61.2 Å². The van der Waals surface area contributed by atoms with Gasteiger partial charge in [0.25, 0.3) is 0 Å². The zero-order valence-electron chi connectivity index (χ0n) is 15.7. The third-order valence-electron chi connectivity index (χ3n) is 4.98. The van der Waals surface area contributed by atoms with Crippen LogP contribution in [-0.2, 0) is 11.0 Å². The fourth-order valence-corrected chi connectivity index (χ4v) is 3.50. The predicted octanol–water partition coefficient (Wildman–Crippen LogP) is 5.77. The minimum absolute atomic E-state index is 0.0367. The van der Waals surface area contributed by atoms with Gasteiger partial charge in [-0.05, 0) is 31.0 Å². The van der Waals surface area contributed by atoms with Crippen LogP contribution in [0.5, 0.6) is 0 Å². The Bertz CT molecular complexity index is 899. The first-order valence-electron chi connectivity index (χ1n) is 9.55. The molecule has 0 aromatic heterocycles. The Labute approximate surface area is 167 Å². The van der Waals surface area contributed by atoms with E-state index in [1.165, 1.54) is 12.1 Å². The minimum atomic E-state index is -4.49. The molecule has 0 heterocycles. The highest BCUT2D eigenvalue weighted by Gasteiger charge is 2.30. The molecule has 1 unspecified atom stereocenters. The van der Waals surface area contributed by atoms with Crippen LogP contribution in [0.3, 0.4) is 0 Å². The van der Waals surface area contributed by atoms with Crippen molar-refractivity contribution in [1.82, 2.24) is 5.32 Å². The second kappa shape index (κ2) is 8.99. The summed E-state index contributed by atoms with van der Waals surface area (Å²) < 4.78 is 39.1. The molecule has 1 aliphatic rings. The van der Waals surface area contributed by atoms with Crippen molar-refractivity contribution in [3.63, 3.8) is 0 Å². The molecule has 0 bridgehead atoms. The van der Waals surface area contributed by atoms with E-state index in [1.807, 2.05) is 6.07 Å². The summed E-state index contributed by atoms with van der Waals surface area (Å²) in [6, 6.07) is 12.0. The molecule has 0 aliphatic heterocycles. The summed E-state index contributed by atoms with van der Waals surface area (Å²) in [6.07, 6.45) is 0.454. The van der Waals surface area contributed by atoms with Crippen LogP contribution < -0.4 is 5.32 Å². The number of nitrogens with zero attached hydrogens (tertiary/aromatic N) is 2. The van der Waals surface area contributed by atoms with Gasteiger partial charge in [0, 0.05) is 6.04 Å². The minimum Gasteiger partial charge on any atom is -0.670 e. The molecule has 0 saturated heterocycles. The molecule has 1 saturated carbocycles. The third kappa shape index (κ3) is 5.50. The summed E-state index contributed by atoms with van der Waals surface area (Å²) in [5.41, 5.74) is 0.0638. The number of nitriles is 1. The Balaban J connectivity index is 1.88. The van der Waals surface area contributed by atoms with Crippen LogP contribution in [0.2, 0.25) is 0 Å². The van der Waals surface area contributed by atoms with Crippen molar-refractivity contribution in [3.8, 4) is 6.07 Å². The smallest absolute Gasteiger partial charge is 0.416 e. The zero-order valence-corrected chi connectivity index (χ0v) is 15.7. The number of halogens is 3. The topological polar surface area (TPSA) is 67.0 Å². The van der Waals surface area contributed by atoms with Gasteiger partial charge in [-0.2, -0.15) is 18.4 Å². The van der Waals surface area contributed by atoms with Crippen LogP contribution in [0.4, 0.5) is 18.9 Å². The van der Waals surface area contributed by atoms with Gasteiger partial charge in [-0.3, -0.25) is 4.79 Å². The number of benzene rings is 2. The van der Waals surface area contributed by atoms with Crippen LogP contribution in [0, 0.1) is 11.3 Å². The second-order valence-corrected chi connectivity index (χ2v) is 7.16. The van der Waals surface area contributed by atoms with Gasteiger partial charge in [-0.25, -0.2) is 0 Å². The van der Waals surface area contributed by atoms with E-state index in [0.29, 0.717) is 11.1 Å². The Morgan fingerprint density at radius 1 is 1.10 bits per heavy atom. The zero-order chi connectivity index (χ0) is 20.9. The first-order chi connectivity index (χ1) is 13.9. The van der Waals surface area contributed by atoms with Crippen molar-refractivity contribution in [3.05, 3.63) is 70.5 Å². The van der Waals surface area contributed by atoms with E-state index in [-0.39, 0.29) is 17.6 Å². The van der Waals surface area contributed by atoms with Gasteiger partial charge >= 0.3 is 6.18 Å². The molecule has 0 spiro atoms. The number of rotatable bonds is 5. The summed E-state index contributed by atoms with van der Waals surface area (Å²) in [5.74, 6) is -0.371. The first kappa shape index (κ1) is 20.7. The summed E-state index contributed by atoms with van der Waals surface area (Å²) in [7, 11) is 0. The Morgan fingerprint density at radius 3 is 2.52 bits per heavy atom. The SMILES string of the molecule is N#Cc1cccc(C([N-]c2cccc(C(F)(F)F)c2)C(=O)NC2CCCCC2)c1. The fraction of sp³-hybridized carbons (Fsp3) is 0.364. The number of alkyl halides is 3. The first-order valence-corrected chi connectivity index (χ1v) is 9.55. The molecule has 2 aromatic rings. The normalized spacial score (nSPS) is 15.9. The van der Waals surface area contributed by atoms with E-state index in [1.54, 1.807) is 24.3 Å². The van der Waals surface area contributed by atoms with Gasteiger partial charge in [0.05, 0.1) is 17.2 Å². The number of nitrogens with one attached hydrogen (secondary N) is 1. The molecule has 1 aliphatic carbocycles. The molecular weight excluding hydrogens is 379 g/mol. The van der Waals surface area contributed by atoms with Crippen LogP contribution in [0.15, 0.2) is 48.5 Å². The molecule has 7 heteroatoms. The summed E-state index contributed by atoms with van der Waals surface area (Å²) in [5, 5.41) is 16.5. The van der Waals surface area contributed by atoms with Crippen molar-refractivity contribution in [1.29, 1.82) is 5.26 Å². The maximum Gasteiger partial charge on any atom is 0.416 e. The van der Waals surface area contributed by atoms with Crippen molar-refractivity contribution in [2.75, 3.05) is 0 Å². The molecule has 1 amide bonds. The molecular formula is C22H21F3N3O-. The quantitative estimate of drug-likeness (QED) is 0.692. The number of hydrogen-bond acceptors (Lipinski definition) is 2. The van der Waals surface area contributed by atoms with E-state index >= 15 is 0 Å². The third-order valence-corrected chi connectivity index (χ3v) is 4.98. The number of hydrogen-bond donors (Lipinski definition) is 1. The average Bonchev–Trinajstić information content (AvgIpc) is 2.72. The molecule has 1 N–H and O–H groups in total. The molecule has 2 aromatic carbocycles. The molecule has 29 heavy (non-hydrogen) atoms. The van der Waals surface area contributed by atoms with Gasteiger partial charge in [0.2, 0.25) is 5.91 Å². The predicted molar refractivity (Wildman–Crippen MR) is 103 cm³/mol. The van der Waals surface area contributed by atoms with Gasteiger partial charge in [-0.15, -0.1) is 5.69 Å². The molecule has 3 rings (SSSR count). The molecule has 0 radical (unpaired) electrons. The van der Waals surface area contributed by atoms with E-state index in [2.05, 4.69) is 10.6 Å². The standard InChI is InChI=1S/C22H21F3N3O/c23-22(24,25)17-8-5-11-19(13-17)27-20(16-7-4-6-15(12-16)14-26)21(29)28-18-9-2-1-3-10-18/h4-8,11-13,18,20H,1-3,9-10H2,(H,28,29)/q-1. The largest absolute Gasteiger partial charge is 0.670 e. The van der Waals surface area contributed by atoms with E-state index in [4.69, 9.17) is 5.26 Å². The van der Waals surface area contributed by atoms with Crippen LogP contribution >= 0.6 is 0 Å². The Morgan fingerprint density at radius 2 is 1.83 bits per heavy atom. The Kier molecular flexibility index (Phi) is 6.42. The van der Waals surface area contributed by atoms with Crippen molar-refractivity contribution < 1.29 is 18.0 Å². The van der Waals surface area contributed by atoms with Crippen molar-refractivity contribution >= 4 is 11.6 Å². The van der Waals surface area contributed by atoms with E-state index in [0.717, 1.165) is 44.2 Å². The van der Waals surface area contributed by atoms with Gasteiger partial charge in [0.1, 0.15) is 0 Å². The molecule has 1 fully saturated rings.